The molecule has 1 aliphatic rings. The van der Waals surface area contributed by atoms with Gasteiger partial charge >= 0.3 is 0 Å². The lowest BCUT2D eigenvalue weighted by molar-refractivity contribution is -0.130. The molecule has 1 aliphatic heterocycles. The third-order valence-corrected chi connectivity index (χ3v) is 3.88. The zero-order chi connectivity index (χ0) is 13.3. The second-order valence-corrected chi connectivity index (χ2v) is 5.24. The molecule has 98 valence electrons. The van der Waals surface area contributed by atoms with Crippen molar-refractivity contribution in [1.82, 2.24) is 14.7 Å². The number of nitrogens with zero attached hydrogens (tertiary/aromatic N) is 3. The largest absolute Gasteiger partial charge is 0.323 e. The Kier molecular flexibility index (Phi) is 3.60. The van der Waals surface area contributed by atoms with Gasteiger partial charge in [-0.05, 0) is 13.8 Å². The molecule has 2 amide bonds. The van der Waals surface area contributed by atoms with E-state index in [1.165, 1.54) is 11.8 Å². The predicted octanol–water partition coefficient (Wildman–Crippen LogP) is 0.508. The van der Waals surface area contributed by atoms with Crippen molar-refractivity contribution < 1.29 is 9.59 Å². The molecular formula is C11H16N4O2S. The number of hydrogen-bond acceptors (Lipinski definition) is 4. The summed E-state index contributed by atoms with van der Waals surface area (Å²) in [7, 11) is 1.83. The maximum absolute atomic E-state index is 11.9. The van der Waals surface area contributed by atoms with Gasteiger partial charge in [0.15, 0.2) is 0 Å². The Labute approximate surface area is 110 Å². The minimum absolute atomic E-state index is 0.0229. The van der Waals surface area contributed by atoms with E-state index in [9.17, 15) is 9.59 Å². The quantitative estimate of drug-likeness (QED) is 0.867. The Hall–Kier alpha value is -1.50. The van der Waals surface area contributed by atoms with Crippen molar-refractivity contribution in [1.29, 1.82) is 0 Å². The summed E-state index contributed by atoms with van der Waals surface area (Å²) in [6, 6.07) is 0. The number of thioether (sulfide) groups is 1. The molecule has 1 aromatic rings. The van der Waals surface area contributed by atoms with Crippen LogP contribution in [-0.4, -0.2) is 44.7 Å². The van der Waals surface area contributed by atoms with Crippen LogP contribution in [0.2, 0.25) is 0 Å². The SMILES string of the molecule is Cc1nn(C)c(C)c1NC(=O)CN1CSCC1=O. The number of hydrogen-bond donors (Lipinski definition) is 1. The van der Waals surface area contributed by atoms with Crippen LogP contribution >= 0.6 is 11.8 Å². The lowest BCUT2D eigenvalue weighted by Crippen LogP contribution is -2.34. The number of anilines is 1. The molecule has 0 atom stereocenters. The molecule has 0 spiro atoms. The molecule has 2 heterocycles. The van der Waals surface area contributed by atoms with Crippen molar-refractivity contribution >= 4 is 29.3 Å². The van der Waals surface area contributed by atoms with Crippen molar-refractivity contribution in [3.05, 3.63) is 11.4 Å². The van der Waals surface area contributed by atoms with Crippen molar-refractivity contribution in [2.75, 3.05) is 23.5 Å². The highest BCUT2D eigenvalue weighted by Crippen LogP contribution is 2.19. The Morgan fingerprint density at radius 1 is 1.50 bits per heavy atom. The highest BCUT2D eigenvalue weighted by molar-refractivity contribution is 8.00. The van der Waals surface area contributed by atoms with Crippen LogP contribution in [0.3, 0.4) is 0 Å². The van der Waals surface area contributed by atoms with E-state index in [-0.39, 0.29) is 18.4 Å². The molecule has 1 aromatic heterocycles. The first-order valence-electron chi connectivity index (χ1n) is 5.64. The first-order chi connectivity index (χ1) is 8.49. The van der Waals surface area contributed by atoms with Crippen LogP contribution in [0, 0.1) is 13.8 Å². The molecule has 1 N–H and O–H groups in total. The first kappa shape index (κ1) is 12.9. The van der Waals surface area contributed by atoms with Crippen molar-refractivity contribution in [3.63, 3.8) is 0 Å². The van der Waals surface area contributed by atoms with E-state index in [2.05, 4.69) is 10.4 Å². The number of carbonyl (C=O) groups excluding carboxylic acids is 2. The maximum Gasteiger partial charge on any atom is 0.244 e. The normalized spacial score (nSPS) is 15.3. The Morgan fingerprint density at radius 2 is 2.22 bits per heavy atom. The van der Waals surface area contributed by atoms with Gasteiger partial charge in [-0.15, -0.1) is 11.8 Å². The van der Waals surface area contributed by atoms with Crippen LogP contribution in [-0.2, 0) is 16.6 Å². The van der Waals surface area contributed by atoms with Gasteiger partial charge in [-0.1, -0.05) is 0 Å². The summed E-state index contributed by atoms with van der Waals surface area (Å²) in [5, 5.41) is 7.05. The van der Waals surface area contributed by atoms with E-state index in [0.29, 0.717) is 11.6 Å². The second-order valence-electron chi connectivity index (χ2n) is 4.29. The number of aryl methyl sites for hydroxylation is 2. The highest BCUT2D eigenvalue weighted by Gasteiger charge is 2.23. The van der Waals surface area contributed by atoms with E-state index in [1.807, 2.05) is 20.9 Å². The number of aromatic nitrogens is 2. The molecule has 1 fully saturated rings. The molecule has 7 heteroatoms. The third kappa shape index (κ3) is 2.50. The Bertz CT molecular complexity index is 497. The van der Waals surface area contributed by atoms with Crippen LogP contribution in [0.4, 0.5) is 5.69 Å². The molecule has 0 unspecified atom stereocenters. The average molecular weight is 268 g/mol. The van der Waals surface area contributed by atoms with Gasteiger partial charge in [0.05, 0.1) is 28.7 Å². The van der Waals surface area contributed by atoms with Crippen molar-refractivity contribution in [3.8, 4) is 0 Å². The summed E-state index contributed by atoms with van der Waals surface area (Å²) in [5.41, 5.74) is 2.43. The lowest BCUT2D eigenvalue weighted by Gasteiger charge is -2.14. The maximum atomic E-state index is 11.9. The fourth-order valence-electron chi connectivity index (χ4n) is 1.85. The smallest absolute Gasteiger partial charge is 0.244 e. The molecule has 0 aliphatic carbocycles. The molecule has 2 rings (SSSR count). The summed E-state index contributed by atoms with van der Waals surface area (Å²) in [5.74, 6) is 0.912. The van der Waals surface area contributed by atoms with Crippen LogP contribution < -0.4 is 5.32 Å². The summed E-state index contributed by atoms with van der Waals surface area (Å²) >= 11 is 1.53. The van der Waals surface area contributed by atoms with Gasteiger partial charge in [0.2, 0.25) is 11.8 Å². The predicted molar refractivity (Wildman–Crippen MR) is 70.3 cm³/mol. The fraction of sp³-hybridized carbons (Fsp3) is 0.545. The molecule has 6 nitrogen and oxygen atoms in total. The van der Waals surface area contributed by atoms with Gasteiger partial charge in [0.1, 0.15) is 6.54 Å². The Balaban J connectivity index is 2.01. The number of carbonyl (C=O) groups is 2. The summed E-state index contributed by atoms with van der Waals surface area (Å²) in [6.07, 6.45) is 0. The third-order valence-electron chi connectivity index (χ3n) is 2.93. The van der Waals surface area contributed by atoms with Crippen LogP contribution in [0.5, 0.6) is 0 Å². The zero-order valence-corrected chi connectivity index (χ0v) is 11.5. The van der Waals surface area contributed by atoms with Crippen LogP contribution in [0.1, 0.15) is 11.4 Å². The van der Waals surface area contributed by atoms with Gasteiger partial charge in [0, 0.05) is 7.05 Å². The molecule has 18 heavy (non-hydrogen) atoms. The minimum atomic E-state index is -0.176. The fourth-order valence-corrected chi connectivity index (χ4v) is 2.75. The van der Waals surface area contributed by atoms with Gasteiger partial charge in [-0.2, -0.15) is 5.10 Å². The van der Waals surface area contributed by atoms with Crippen molar-refractivity contribution in [2.45, 2.75) is 13.8 Å². The lowest BCUT2D eigenvalue weighted by atomic mass is 10.3. The monoisotopic (exact) mass is 268 g/mol. The van der Waals surface area contributed by atoms with Gasteiger partial charge < -0.3 is 10.2 Å². The van der Waals surface area contributed by atoms with Crippen LogP contribution in [0.25, 0.3) is 0 Å². The summed E-state index contributed by atoms with van der Waals surface area (Å²) in [6.45, 7) is 3.85. The Morgan fingerprint density at radius 3 is 2.72 bits per heavy atom. The highest BCUT2D eigenvalue weighted by atomic mass is 32.2. The molecular weight excluding hydrogens is 252 g/mol. The molecule has 1 saturated heterocycles. The number of nitrogens with one attached hydrogen (secondary N) is 1. The standard InChI is InChI=1S/C11H16N4O2S/c1-7-11(8(2)14(3)13-7)12-9(16)4-15-6-18-5-10(15)17/h4-6H2,1-3H3,(H,12,16). The molecule has 0 saturated carbocycles. The average Bonchev–Trinajstić information content (AvgIpc) is 2.79. The molecule has 0 radical (unpaired) electrons. The van der Waals surface area contributed by atoms with E-state index in [4.69, 9.17) is 0 Å². The van der Waals surface area contributed by atoms with E-state index in [0.717, 1.165) is 17.1 Å². The van der Waals surface area contributed by atoms with Gasteiger partial charge in [-0.25, -0.2) is 0 Å². The number of amides is 2. The van der Waals surface area contributed by atoms with E-state index >= 15 is 0 Å². The molecule has 0 bridgehead atoms. The van der Waals surface area contributed by atoms with Gasteiger partial charge in [-0.3, -0.25) is 14.3 Å². The van der Waals surface area contributed by atoms with Crippen LogP contribution in [0.15, 0.2) is 0 Å². The zero-order valence-electron chi connectivity index (χ0n) is 10.7. The molecule has 0 aromatic carbocycles. The summed E-state index contributed by atoms with van der Waals surface area (Å²) in [4.78, 5) is 24.8. The van der Waals surface area contributed by atoms with Crippen molar-refractivity contribution in [2.24, 2.45) is 7.05 Å². The minimum Gasteiger partial charge on any atom is -0.323 e. The van der Waals surface area contributed by atoms with E-state index < -0.39 is 0 Å². The topological polar surface area (TPSA) is 67.2 Å². The van der Waals surface area contributed by atoms with Gasteiger partial charge in [0.25, 0.3) is 0 Å². The summed E-state index contributed by atoms with van der Waals surface area (Å²) < 4.78 is 1.72. The van der Waals surface area contributed by atoms with E-state index in [1.54, 1.807) is 9.58 Å². The number of rotatable bonds is 3. The second kappa shape index (κ2) is 5.01. The first-order valence-corrected chi connectivity index (χ1v) is 6.80.